The fourth-order valence-corrected chi connectivity index (χ4v) is 2.84. The highest BCUT2D eigenvalue weighted by Gasteiger charge is 2.48. The minimum atomic E-state index is -4.14. The van der Waals surface area contributed by atoms with Crippen molar-refractivity contribution in [1.29, 1.82) is 0 Å². The quantitative estimate of drug-likeness (QED) is 0.832. The van der Waals surface area contributed by atoms with Gasteiger partial charge in [0.25, 0.3) is 0 Å². The van der Waals surface area contributed by atoms with Crippen molar-refractivity contribution in [2.45, 2.75) is 50.4 Å². The first-order valence-electron chi connectivity index (χ1n) is 6.33. The zero-order chi connectivity index (χ0) is 12.6. The van der Waals surface area contributed by atoms with Crippen LogP contribution in [0.3, 0.4) is 0 Å². The predicted octanol–water partition coefficient (Wildman–Crippen LogP) is 2.42. The molecule has 0 aromatic rings. The van der Waals surface area contributed by atoms with Crippen LogP contribution in [0.15, 0.2) is 0 Å². The van der Waals surface area contributed by atoms with Crippen LogP contribution in [0.5, 0.6) is 0 Å². The maximum atomic E-state index is 12.9. The summed E-state index contributed by atoms with van der Waals surface area (Å²) in [6, 6.07) is -0.542. The van der Waals surface area contributed by atoms with Gasteiger partial charge < -0.3 is 10.0 Å². The summed E-state index contributed by atoms with van der Waals surface area (Å²) in [5.74, 6) is -0.692. The van der Waals surface area contributed by atoms with Gasteiger partial charge >= 0.3 is 6.18 Å². The Bertz CT molecular complexity index is 265. The lowest BCUT2D eigenvalue weighted by molar-refractivity contribution is -0.203. The van der Waals surface area contributed by atoms with Crippen LogP contribution in [0.25, 0.3) is 0 Å². The number of hydrogen-bond donors (Lipinski definition) is 1. The number of nitrogens with zero attached hydrogens (tertiary/aromatic N) is 1. The molecule has 2 nitrogen and oxygen atoms in total. The number of hydrogen-bond acceptors (Lipinski definition) is 2. The van der Waals surface area contributed by atoms with Crippen LogP contribution in [0.4, 0.5) is 13.2 Å². The summed E-state index contributed by atoms with van der Waals surface area (Å²) in [6.45, 7) is 0.740. The molecule has 3 atom stereocenters. The van der Waals surface area contributed by atoms with Gasteiger partial charge in [-0.25, -0.2) is 0 Å². The molecule has 2 aliphatic carbocycles. The Morgan fingerprint density at radius 2 is 1.82 bits per heavy atom. The molecule has 0 aromatic heterocycles. The van der Waals surface area contributed by atoms with Crippen molar-refractivity contribution in [1.82, 2.24) is 4.90 Å². The van der Waals surface area contributed by atoms with Crippen LogP contribution in [0, 0.1) is 11.8 Å². The van der Waals surface area contributed by atoms with Gasteiger partial charge in [-0.15, -0.1) is 0 Å². The molecular formula is C12H20F3NO. The highest BCUT2D eigenvalue weighted by atomic mass is 19.4. The Balaban J connectivity index is 2.01. The second-order valence-corrected chi connectivity index (χ2v) is 5.57. The molecule has 2 fully saturated rings. The first kappa shape index (κ1) is 13.1. The molecule has 0 saturated heterocycles. The van der Waals surface area contributed by atoms with E-state index in [0.29, 0.717) is 5.92 Å². The van der Waals surface area contributed by atoms with Gasteiger partial charge in [0.1, 0.15) is 0 Å². The van der Waals surface area contributed by atoms with Gasteiger partial charge in [0.2, 0.25) is 0 Å². The standard InChI is InChI=1S/C12H20F3NO/c1-16(7-8-2-3-8)11-6-9(17)4-5-10(11)12(13,14)15/h8-11,17H,2-7H2,1H3. The number of rotatable bonds is 3. The highest BCUT2D eigenvalue weighted by Crippen LogP contribution is 2.41. The maximum Gasteiger partial charge on any atom is 0.393 e. The van der Waals surface area contributed by atoms with Crippen molar-refractivity contribution in [2.75, 3.05) is 13.6 Å². The van der Waals surface area contributed by atoms with Gasteiger partial charge in [-0.2, -0.15) is 13.2 Å². The molecule has 17 heavy (non-hydrogen) atoms. The van der Waals surface area contributed by atoms with E-state index in [1.54, 1.807) is 7.05 Å². The summed E-state index contributed by atoms with van der Waals surface area (Å²) in [6.07, 6.45) is -1.84. The van der Waals surface area contributed by atoms with Crippen LogP contribution in [0.2, 0.25) is 0 Å². The van der Waals surface area contributed by atoms with Crippen LogP contribution < -0.4 is 0 Å². The summed E-state index contributed by atoms with van der Waals surface area (Å²) in [7, 11) is 1.76. The molecule has 0 heterocycles. The number of aliphatic hydroxyl groups excluding tert-OH is 1. The molecule has 3 unspecified atom stereocenters. The largest absolute Gasteiger partial charge is 0.393 e. The first-order valence-corrected chi connectivity index (χ1v) is 6.33. The molecule has 0 amide bonds. The van der Waals surface area contributed by atoms with Crippen LogP contribution >= 0.6 is 0 Å². The van der Waals surface area contributed by atoms with Gasteiger partial charge in [-0.1, -0.05) is 0 Å². The lowest BCUT2D eigenvalue weighted by Gasteiger charge is -2.40. The summed E-state index contributed by atoms with van der Waals surface area (Å²) in [4.78, 5) is 1.82. The lowest BCUT2D eigenvalue weighted by atomic mass is 9.81. The van der Waals surface area contributed by atoms with E-state index >= 15 is 0 Å². The zero-order valence-corrected chi connectivity index (χ0v) is 10.1. The van der Waals surface area contributed by atoms with Gasteiger partial charge in [-0.3, -0.25) is 0 Å². The lowest BCUT2D eigenvalue weighted by Crippen LogP contribution is -2.49. The summed E-state index contributed by atoms with van der Waals surface area (Å²) >= 11 is 0. The summed E-state index contributed by atoms with van der Waals surface area (Å²) in [5, 5.41) is 9.57. The van der Waals surface area contributed by atoms with E-state index in [9.17, 15) is 18.3 Å². The third-order valence-electron chi connectivity index (χ3n) is 4.02. The maximum absolute atomic E-state index is 12.9. The van der Waals surface area contributed by atoms with Crippen molar-refractivity contribution >= 4 is 0 Å². The van der Waals surface area contributed by atoms with Crippen LogP contribution in [0.1, 0.15) is 32.1 Å². The third-order valence-corrected chi connectivity index (χ3v) is 4.02. The molecule has 0 aromatic carbocycles. The topological polar surface area (TPSA) is 23.5 Å². The Morgan fingerprint density at radius 1 is 1.18 bits per heavy atom. The van der Waals surface area contributed by atoms with E-state index in [1.165, 1.54) is 0 Å². The Morgan fingerprint density at radius 3 is 2.35 bits per heavy atom. The third kappa shape index (κ3) is 3.35. The molecule has 5 heteroatoms. The Hall–Kier alpha value is -0.290. The van der Waals surface area contributed by atoms with Crippen molar-refractivity contribution < 1.29 is 18.3 Å². The molecule has 1 N–H and O–H groups in total. The van der Waals surface area contributed by atoms with Gasteiger partial charge in [0.05, 0.1) is 12.0 Å². The highest BCUT2D eigenvalue weighted by molar-refractivity contribution is 4.91. The van der Waals surface area contributed by atoms with Crippen molar-refractivity contribution in [2.24, 2.45) is 11.8 Å². The smallest absolute Gasteiger partial charge is 0.393 e. The molecular weight excluding hydrogens is 231 g/mol. The fraction of sp³-hybridized carbons (Fsp3) is 1.00. The van der Waals surface area contributed by atoms with Crippen molar-refractivity contribution in [3.63, 3.8) is 0 Å². The predicted molar refractivity (Wildman–Crippen MR) is 58.5 cm³/mol. The minimum Gasteiger partial charge on any atom is -0.393 e. The van der Waals surface area contributed by atoms with E-state index in [4.69, 9.17) is 0 Å². The van der Waals surface area contributed by atoms with Crippen LogP contribution in [-0.4, -0.2) is 41.9 Å². The molecule has 2 saturated carbocycles. The number of halogens is 3. The summed E-state index contributed by atoms with van der Waals surface area (Å²) < 4.78 is 38.8. The zero-order valence-electron chi connectivity index (χ0n) is 10.1. The Labute approximate surface area is 99.8 Å². The minimum absolute atomic E-state index is 0.0599. The monoisotopic (exact) mass is 251 g/mol. The molecule has 0 bridgehead atoms. The van der Waals surface area contributed by atoms with Crippen molar-refractivity contribution in [3.05, 3.63) is 0 Å². The van der Waals surface area contributed by atoms with E-state index in [-0.39, 0.29) is 19.3 Å². The van der Waals surface area contributed by atoms with E-state index in [0.717, 1.165) is 19.4 Å². The molecule has 0 radical (unpaired) electrons. The van der Waals surface area contributed by atoms with E-state index < -0.39 is 24.2 Å². The average molecular weight is 251 g/mol. The second-order valence-electron chi connectivity index (χ2n) is 5.57. The van der Waals surface area contributed by atoms with Crippen molar-refractivity contribution in [3.8, 4) is 0 Å². The van der Waals surface area contributed by atoms with E-state index in [2.05, 4.69) is 0 Å². The normalized spacial score (nSPS) is 35.3. The molecule has 2 rings (SSSR count). The number of aliphatic hydroxyl groups is 1. The molecule has 2 aliphatic rings. The van der Waals surface area contributed by atoms with E-state index in [1.807, 2.05) is 4.90 Å². The van der Waals surface area contributed by atoms with Gasteiger partial charge in [-0.05, 0) is 45.1 Å². The number of alkyl halides is 3. The first-order chi connectivity index (χ1) is 7.88. The molecule has 0 aliphatic heterocycles. The second kappa shape index (κ2) is 4.76. The molecule has 0 spiro atoms. The van der Waals surface area contributed by atoms with Gasteiger partial charge in [0, 0.05) is 12.6 Å². The Kier molecular flexibility index (Phi) is 3.69. The van der Waals surface area contributed by atoms with Gasteiger partial charge in [0.15, 0.2) is 0 Å². The SMILES string of the molecule is CN(CC1CC1)C1CC(O)CCC1C(F)(F)F. The fourth-order valence-electron chi connectivity index (χ4n) is 2.84. The van der Waals surface area contributed by atoms with Crippen LogP contribution in [-0.2, 0) is 0 Å². The average Bonchev–Trinajstić information content (AvgIpc) is 2.99. The molecule has 100 valence electrons. The summed E-state index contributed by atoms with van der Waals surface area (Å²) in [5.41, 5.74) is 0.